The molecule has 3 amide bonds. The quantitative estimate of drug-likeness (QED) is 0.315. The summed E-state index contributed by atoms with van der Waals surface area (Å²) in [4.78, 5) is 43.7. The number of carbonyl (C=O) groups is 3. The van der Waals surface area contributed by atoms with Crippen LogP contribution in [0.3, 0.4) is 0 Å². The van der Waals surface area contributed by atoms with Crippen LogP contribution in [0.5, 0.6) is 0 Å². The number of halogens is 1. The Morgan fingerprint density at radius 2 is 1.84 bits per heavy atom. The summed E-state index contributed by atoms with van der Waals surface area (Å²) < 4.78 is 0. The second-order valence-electron chi connectivity index (χ2n) is 9.04. The number of piperidine rings is 1. The van der Waals surface area contributed by atoms with Crippen molar-refractivity contribution in [3.63, 3.8) is 0 Å². The molecule has 9 heteroatoms. The number of nitrogens with one attached hydrogen (secondary N) is 3. The van der Waals surface area contributed by atoms with Gasteiger partial charge in [0.2, 0.25) is 5.91 Å². The maximum atomic E-state index is 13.5. The first kappa shape index (κ1) is 25.1. The molecule has 3 N–H and O–H groups in total. The number of rotatable bonds is 6. The SMILES string of the molecule is N#Cc1ccccc1C(NC(=O)c1ccc2c(Cl)c[nH]c2c1)C(=O)Nc1ccc(N2CCCCC2=O)cc1. The average molecular weight is 526 g/mol. The smallest absolute Gasteiger partial charge is 0.252 e. The second-order valence-corrected chi connectivity index (χ2v) is 9.45. The van der Waals surface area contributed by atoms with Gasteiger partial charge in [-0.1, -0.05) is 35.9 Å². The summed E-state index contributed by atoms with van der Waals surface area (Å²) in [7, 11) is 0. The van der Waals surface area contributed by atoms with E-state index in [2.05, 4.69) is 21.7 Å². The fourth-order valence-corrected chi connectivity index (χ4v) is 4.82. The molecule has 0 saturated carbocycles. The molecule has 4 aromatic rings. The summed E-state index contributed by atoms with van der Waals surface area (Å²) in [6.45, 7) is 0.671. The number of fused-ring (bicyclic) bond motifs is 1. The van der Waals surface area contributed by atoms with Crippen LogP contribution in [0, 0.1) is 11.3 Å². The van der Waals surface area contributed by atoms with Crippen LogP contribution in [0.15, 0.2) is 72.9 Å². The van der Waals surface area contributed by atoms with Crippen molar-refractivity contribution in [2.75, 3.05) is 16.8 Å². The molecule has 0 radical (unpaired) electrons. The van der Waals surface area contributed by atoms with E-state index in [1.807, 2.05) is 0 Å². The third-order valence-corrected chi connectivity index (χ3v) is 6.91. The first-order valence-electron chi connectivity index (χ1n) is 12.2. The number of hydrogen-bond donors (Lipinski definition) is 3. The fourth-order valence-electron chi connectivity index (χ4n) is 4.60. The Morgan fingerprint density at radius 3 is 2.61 bits per heavy atom. The van der Waals surface area contributed by atoms with E-state index in [-0.39, 0.29) is 11.5 Å². The van der Waals surface area contributed by atoms with Crippen molar-refractivity contribution >= 4 is 51.6 Å². The van der Waals surface area contributed by atoms with Gasteiger partial charge in [0.25, 0.3) is 11.8 Å². The van der Waals surface area contributed by atoms with Gasteiger partial charge in [0, 0.05) is 52.6 Å². The molecule has 5 rings (SSSR count). The lowest BCUT2D eigenvalue weighted by atomic mass is 9.99. The lowest BCUT2D eigenvalue weighted by Crippen LogP contribution is -2.37. The zero-order chi connectivity index (χ0) is 26.6. The Morgan fingerprint density at radius 1 is 1.05 bits per heavy atom. The van der Waals surface area contributed by atoms with Crippen LogP contribution in [-0.4, -0.2) is 29.3 Å². The van der Waals surface area contributed by atoms with E-state index in [4.69, 9.17) is 11.6 Å². The van der Waals surface area contributed by atoms with Gasteiger partial charge < -0.3 is 20.5 Å². The molecule has 1 atom stereocenters. The fraction of sp³-hybridized carbons (Fsp3) is 0.172. The number of nitriles is 1. The Kier molecular flexibility index (Phi) is 7.11. The Bertz CT molecular complexity index is 1570. The largest absolute Gasteiger partial charge is 0.360 e. The van der Waals surface area contributed by atoms with Gasteiger partial charge in [-0.2, -0.15) is 5.26 Å². The number of benzene rings is 3. The molecule has 3 aromatic carbocycles. The number of carbonyl (C=O) groups excluding carboxylic acids is 3. The van der Waals surface area contributed by atoms with Gasteiger partial charge in [-0.3, -0.25) is 14.4 Å². The summed E-state index contributed by atoms with van der Waals surface area (Å²) in [5.41, 5.74) is 2.94. The third-order valence-electron chi connectivity index (χ3n) is 6.59. The lowest BCUT2D eigenvalue weighted by molar-refractivity contribution is -0.119. The number of amides is 3. The van der Waals surface area contributed by atoms with Gasteiger partial charge in [0.05, 0.1) is 16.7 Å². The topological polar surface area (TPSA) is 118 Å². The van der Waals surface area contributed by atoms with Crippen molar-refractivity contribution in [3.05, 3.63) is 94.6 Å². The molecule has 1 fully saturated rings. The summed E-state index contributed by atoms with van der Waals surface area (Å²) in [6.07, 6.45) is 4.02. The monoisotopic (exact) mass is 525 g/mol. The molecule has 1 aromatic heterocycles. The molecule has 1 unspecified atom stereocenters. The van der Waals surface area contributed by atoms with E-state index in [0.717, 1.165) is 23.9 Å². The number of hydrogen-bond acceptors (Lipinski definition) is 4. The van der Waals surface area contributed by atoms with Gasteiger partial charge >= 0.3 is 0 Å². The molecule has 0 spiro atoms. The second kappa shape index (κ2) is 10.8. The van der Waals surface area contributed by atoms with Crippen molar-refractivity contribution in [3.8, 4) is 6.07 Å². The van der Waals surface area contributed by atoms with Crippen LogP contribution in [0.2, 0.25) is 5.02 Å². The predicted molar refractivity (Wildman–Crippen MR) is 146 cm³/mol. The first-order chi connectivity index (χ1) is 18.4. The molecule has 1 saturated heterocycles. The zero-order valence-corrected chi connectivity index (χ0v) is 21.1. The summed E-state index contributed by atoms with van der Waals surface area (Å²) in [6, 6.07) is 19.6. The Hall–Kier alpha value is -4.61. The van der Waals surface area contributed by atoms with Gasteiger partial charge in [0.1, 0.15) is 6.04 Å². The van der Waals surface area contributed by atoms with Crippen LogP contribution >= 0.6 is 11.6 Å². The van der Waals surface area contributed by atoms with Gasteiger partial charge in [-0.15, -0.1) is 0 Å². The summed E-state index contributed by atoms with van der Waals surface area (Å²) in [5.74, 6) is -0.903. The maximum Gasteiger partial charge on any atom is 0.252 e. The van der Waals surface area contributed by atoms with Gasteiger partial charge in [-0.05, 0) is 55.3 Å². The highest BCUT2D eigenvalue weighted by Crippen LogP contribution is 2.26. The van der Waals surface area contributed by atoms with Crippen molar-refractivity contribution in [1.29, 1.82) is 5.26 Å². The Balaban J connectivity index is 1.39. The zero-order valence-electron chi connectivity index (χ0n) is 20.3. The molecular formula is C29H24ClN5O3. The molecule has 8 nitrogen and oxygen atoms in total. The van der Waals surface area contributed by atoms with E-state index in [1.54, 1.807) is 77.8 Å². The minimum atomic E-state index is -1.13. The summed E-state index contributed by atoms with van der Waals surface area (Å²) in [5, 5.41) is 16.6. The average Bonchev–Trinajstić information content (AvgIpc) is 3.32. The molecule has 1 aliphatic heterocycles. The molecule has 2 heterocycles. The molecular weight excluding hydrogens is 502 g/mol. The number of nitrogens with zero attached hydrogens (tertiary/aromatic N) is 2. The van der Waals surface area contributed by atoms with Gasteiger partial charge in [0.15, 0.2) is 0 Å². The number of aromatic nitrogens is 1. The number of anilines is 2. The van der Waals surface area contributed by atoms with Crippen LogP contribution in [-0.2, 0) is 9.59 Å². The van der Waals surface area contributed by atoms with Crippen LogP contribution < -0.4 is 15.5 Å². The minimum absolute atomic E-state index is 0.0868. The van der Waals surface area contributed by atoms with Crippen LogP contribution in [0.4, 0.5) is 11.4 Å². The normalized spacial score (nSPS) is 14.1. The van der Waals surface area contributed by atoms with E-state index < -0.39 is 17.9 Å². The highest BCUT2D eigenvalue weighted by atomic mass is 35.5. The van der Waals surface area contributed by atoms with E-state index >= 15 is 0 Å². The first-order valence-corrected chi connectivity index (χ1v) is 12.6. The maximum absolute atomic E-state index is 13.5. The van der Waals surface area contributed by atoms with E-state index in [9.17, 15) is 19.6 Å². The Labute approximate surface area is 224 Å². The molecule has 1 aliphatic rings. The van der Waals surface area contributed by atoms with E-state index in [1.165, 1.54) is 0 Å². The van der Waals surface area contributed by atoms with Gasteiger partial charge in [-0.25, -0.2) is 0 Å². The highest BCUT2D eigenvalue weighted by Gasteiger charge is 2.26. The molecule has 38 heavy (non-hydrogen) atoms. The number of aromatic amines is 1. The van der Waals surface area contributed by atoms with Crippen LogP contribution in [0.1, 0.15) is 46.8 Å². The lowest BCUT2D eigenvalue weighted by Gasteiger charge is -2.27. The number of H-pyrrole nitrogens is 1. The van der Waals surface area contributed by atoms with E-state index in [0.29, 0.717) is 40.3 Å². The molecule has 0 aliphatic carbocycles. The van der Waals surface area contributed by atoms with Crippen molar-refractivity contribution in [2.45, 2.75) is 25.3 Å². The van der Waals surface area contributed by atoms with Crippen LogP contribution in [0.25, 0.3) is 10.9 Å². The standard InChI is InChI=1S/C29H24ClN5O3/c30-24-17-32-25-15-18(8-13-23(24)25)28(37)34-27(22-6-2-1-5-19(22)16-31)29(38)33-20-9-11-21(12-10-20)35-14-4-3-7-26(35)36/h1-2,5-6,8-13,15,17,27,32H,3-4,7,14H2,(H,33,38)(H,34,37). The van der Waals surface area contributed by atoms with Crippen molar-refractivity contribution < 1.29 is 14.4 Å². The molecule has 0 bridgehead atoms. The van der Waals surface area contributed by atoms with Crippen molar-refractivity contribution in [1.82, 2.24) is 10.3 Å². The molecule has 190 valence electrons. The summed E-state index contributed by atoms with van der Waals surface area (Å²) >= 11 is 6.15. The third kappa shape index (κ3) is 5.10. The minimum Gasteiger partial charge on any atom is -0.360 e. The predicted octanol–water partition coefficient (Wildman–Crippen LogP) is 5.32. The highest BCUT2D eigenvalue weighted by molar-refractivity contribution is 6.35. The van der Waals surface area contributed by atoms with Crippen molar-refractivity contribution in [2.24, 2.45) is 0 Å².